The zero-order chi connectivity index (χ0) is 12.9. The highest BCUT2D eigenvalue weighted by atomic mass is 16.6. The maximum absolute atomic E-state index is 5.56. The number of nitrogens with zero attached hydrogens (tertiary/aromatic N) is 2. The first-order chi connectivity index (χ1) is 9.42. The summed E-state index contributed by atoms with van der Waals surface area (Å²) in [5.74, 6) is 1.65. The maximum atomic E-state index is 5.56. The van der Waals surface area contributed by atoms with Crippen molar-refractivity contribution in [2.75, 3.05) is 13.2 Å². The Hall–Kier alpha value is -2.14. The van der Waals surface area contributed by atoms with Crippen molar-refractivity contribution in [3.63, 3.8) is 0 Å². The number of aromatic nitrogens is 2. The summed E-state index contributed by atoms with van der Waals surface area (Å²) in [4.78, 5) is 8.05. The highest BCUT2D eigenvalue weighted by Crippen LogP contribution is 2.30. The highest BCUT2D eigenvalue weighted by molar-refractivity contribution is 5.43. The van der Waals surface area contributed by atoms with Crippen LogP contribution in [0.1, 0.15) is 11.3 Å². The van der Waals surface area contributed by atoms with Crippen LogP contribution in [0.3, 0.4) is 0 Å². The molecule has 2 heterocycles. The molecule has 0 saturated heterocycles. The van der Waals surface area contributed by atoms with Crippen LogP contribution in [0.5, 0.6) is 11.5 Å². The lowest BCUT2D eigenvalue weighted by atomic mass is 10.2. The van der Waals surface area contributed by atoms with Crippen molar-refractivity contribution in [1.29, 1.82) is 0 Å². The smallest absolute Gasteiger partial charge is 0.161 e. The van der Waals surface area contributed by atoms with E-state index < -0.39 is 0 Å². The molecule has 1 aromatic heterocycles. The Kier molecular flexibility index (Phi) is 3.56. The number of hydrogen-bond acceptors (Lipinski definition) is 5. The number of ether oxygens (including phenoxy) is 2. The molecule has 0 aliphatic carbocycles. The molecule has 3 rings (SSSR count). The van der Waals surface area contributed by atoms with Gasteiger partial charge in [-0.1, -0.05) is 6.07 Å². The van der Waals surface area contributed by atoms with Crippen molar-refractivity contribution in [2.24, 2.45) is 0 Å². The second kappa shape index (κ2) is 5.67. The van der Waals surface area contributed by atoms with Gasteiger partial charge in [0.1, 0.15) is 19.5 Å². The molecular weight excluding hydrogens is 242 g/mol. The first kappa shape index (κ1) is 11.9. The van der Waals surface area contributed by atoms with Crippen LogP contribution < -0.4 is 14.8 Å². The van der Waals surface area contributed by atoms with E-state index in [0.717, 1.165) is 30.3 Å². The Labute approximate surface area is 111 Å². The number of hydrogen-bond donors (Lipinski definition) is 1. The molecular formula is C14H15N3O2. The Morgan fingerprint density at radius 3 is 2.79 bits per heavy atom. The van der Waals surface area contributed by atoms with Gasteiger partial charge in [0.05, 0.1) is 5.69 Å². The van der Waals surface area contributed by atoms with Gasteiger partial charge in [0.25, 0.3) is 0 Å². The zero-order valence-electron chi connectivity index (χ0n) is 10.5. The summed E-state index contributed by atoms with van der Waals surface area (Å²) in [6, 6.07) is 7.91. The van der Waals surface area contributed by atoms with Crippen LogP contribution in [-0.2, 0) is 13.1 Å². The van der Waals surface area contributed by atoms with Gasteiger partial charge in [0.15, 0.2) is 11.5 Å². The standard InChI is InChI=1S/C14H15N3O2/c1-2-13-14(19-6-5-18-13)7-11(1)8-16-9-12-3-4-15-10-17-12/h1-4,7,10,16H,5-6,8-9H2. The largest absolute Gasteiger partial charge is 0.486 e. The first-order valence-electron chi connectivity index (χ1n) is 6.26. The SMILES string of the molecule is c1cc(CNCc2ccc3c(c2)OCCO3)ncn1. The fraction of sp³-hybridized carbons (Fsp3) is 0.286. The summed E-state index contributed by atoms with van der Waals surface area (Å²) >= 11 is 0. The average Bonchev–Trinajstić information content (AvgIpc) is 2.48. The van der Waals surface area contributed by atoms with Gasteiger partial charge in [-0.2, -0.15) is 0 Å². The number of benzene rings is 1. The summed E-state index contributed by atoms with van der Waals surface area (Å²) in [7, 11) is 0. The van der Waals surface area contributed by atoms with Gasteiger partial charge in [-0.15, -0.1) is 0 Å². The molecule has 0 radical (unpaired) electrons. The monoisotopic (exact) mass is 257 g/mol. The van der Waals surface area contributed by atoms with Gasteiger partial charge < -0.3 is 14.8 Å². The average molecular weight is 257 g/mol. The van der Waals surface area contributed by atoms with E-state index in [9.17, 15) is 0 Å². The Balaban J connectivity index is 1.58. The van der Waals surface area contributed by atoms with Gasteiger partial charge in [-0.25, -0.2) is 9.97 Å². The van der Waals surface area contributed by atoms with E-state index in [4.69, 9.17) is 9.47 Å². The molecule has 0 atom stereocenters. The molecule has 1 aliphatic heterocycles. The number of fused-ring (bicyclic) bond motifs is 1. The van der Waals surface area contributed by atoms with Gasteiger partial charge in [0.2, 0.25) is 0 Å². The second-order valence-corrected chi connectivity index (χ2v) is 4.28. The molecule has 5 nitrogen and oxygen atoms in total. The quantitative estimate of drug-likeness (QED) is 0.900. The van der Waals surface area contributed by atoms with Crippen LogP contribution in [0.2, 0.25) is 0 Å². The summed E-state index contributed by atoms with van der Waals surface area (Å²) in [6.45, 7) is 2.72. The summed E-state index contributed by atoms with van der Waals surface area (Å²) in [6.07, 6.45) is 3.30. The van der Waals surface area contributed by atoms with E-state index in [1.807, 2.05) is 24.3 Å². The van der Waals surface area contributed by atoms with Crippen molar-refractivity contribution in [3.8, 4) is 11.5 Å². The highest BCUT2D eigenvalue weighted by Gasteiger charge is 2.11. The van der Waals surface area contributed by atoms with Gasteiger partial charge in [-0.05, 0) is 23.8 Å². The molecule has 98 valence electrons. The summed E-state index contributed by atoms with van der Waals surface area (Å²) in [5, 5.41) is 3.34. The number of rotatable bonds is 4. The summed E-state index contributed by atoms with van der Waals surface area (Å²) in [5.41, 5.74) is 2.14. The molecule has 1 aromatic carbocycles. The van der Waals surface area contributed by atoms with E-state index in [0.29, 0.717) is 13.2 Å². The molecule has 0 bridgehead atoms. The first-order valence-corrected chi connectivity index (χ1v) is 6.26. The Bertz CT molecular complexity index is 546. The minimum absolute atomic E-state index is 0.616. The van der Waals surface area contributed by atoms with Crippen molar-refractivity contribution in [2.45, 2.75) is 13.1 Å². The van der Waals surface area contributed by atoms with Crippen LogP contribution in [0.25, 0.3) is 0 Å². The van der Waals surface area contributed by atoms with Crippen molar-refractivity contribution < 1.29 is 9.47 Å². The zero-order valence-corrected chi connectivity index (χ0v) is 10.5. The van der Waals surface area contributed by atoms with Gasteiger partial charge >= 0.3 is 0 Å². The van der Waals surface area contributed by atoms with E-state index in [-0.39, 0.29) is 0 Å². The molecule has 5 heteroatoms. The van der Waals surface area contributed by atoms with Crippen LogP contribution in [0.15, 0.2) is 36.8 Å². The third-order valence-corrected chi connectivity index (χ3v) is 2.89. The van der Waals surface area contributed by atoms with E-state index >= 15 is 0 Å². The molecule has 0 spiro atoms. The van der Waals surface area contributed by atoms with E-state index in [1.54, 1.807) is 12.5 Å². The molecule has 0 amide bonds. The topological polar surface area (TPSA) is 56.3 Å². The molecule has 1 N–H and O–H groups in total. The minimum Gasteiger partial charge on any atom is -0.486 e. The number of nitrogens with one attached hydrogen (secondary N) is 1. The predicted octanol–water partition coefficient (Wildman–Crippen LogP) is 1.54. The molecule has 19 heavy (non-hydrogen) atoms. The van der Waals surface area contributed by atoms with E-state index in [1.165, 1.54) is 5.56 Å². The van der Waals surface area contributed by atoms with E-state index in [2.05, 4.69) is 15.3 Å². The minimum atomic E-state index is 0.616. The molecule has 1 aliphatic rings. The van der Waals surface area contributed by atoms with Gasteiger partial charge in [-0.3, -0.25) is 0 Å². The summed E-state index contributed by atoms with van der Waals surface area (Å²) < 4.78 is 11.0. The fourth-order valence-electron chi connectivity index (χ4n) is 1.96. The molecule has 0 saturated carbocycles. The lowest BCUT2D eigenvalue weighted by Crippen LogP contribution is -2.17. The van der Waals surface area contributed by atoms with Crippen molar-refractivity contribution in [3.05, 3.63) is 48.0 Å². The third kappa shape index (κ3) is 3.00. The van der Waals surface area contributed by atoms with Gasteiger partial charge in [0, 0.05) is 19.3 Å². The van der Waals surface area contributed by atoms with Crippen LogP contribution >= 0.6 is 0 Å². The van der Waals surface area contributed by atoms with Crippen molar-refractivity contribution in [1.82, 2.24) is 15.3 Å². The van der Waals surface area contributed by atoms with Crippen molar-refractivity contribution >= 4 is 0 Å². The Morgan fingerprint density at radius 2 is 1.95 bits per heavy atom. The third-order valence-electron chi connectivity index (χ3n) is 2.89. The Morgan fingerprint density at radius 1 is 1.05 bits per heavy atom. The maximum Gasteiger partial charge on any atom is 0.161 e. The predicted molar refractivity (Wildman–Crippen MR) is 70.0 cm³/mol. The van der Waals surface area contributed by atoms with Crippen LogP contribution in [0, 0.1) is 0 Å². The fourth-order valence-corrected chi connectivity index (χ4v) is 1.96. The van der Waals surface area contributed by atoms with Crippen LogP contribution in [-0.4, -0.2) is 23.2 Å². The van der Waals surface area contributed by atoms with Crippen LogP contribution in [0.4, 0.5) is 0 Å². The lowest BCUT2D eigenvalue weighted by molar-refractivity contribution is 0.171. The lowest BCUT2D eigenvalue weighted by Gasteiger charge is -2.18. The molecule has 0 fully saturated rings. The second-order valence-electron chi connectivity index (χ2n) is 4.28. The molecule has 0 unspecified atom stereocenters. The molecule has 2 aromatic rings. The normalized spacial score (nSPS) is 13.3.